The molecule has 2 rings (SSSR count). The Kier molecular flexibility index (Phi) is 3.06. The third kappa shape index (κ3) is 2.26. The van der Waals surface area contributed by atoms with Crippen LogP contribution in [0.15, 0.2) is 24.4 Å². The number of aromatic nitrogens is 1. The average Bonchev–Trinajstić information content (AvgIpc) is 2.79. The number of thiazole rings is 1. The van der Waals surface area contributed by atoms with Gasteiger partial charge in [-0.2, -0.15) is 0 Å². The van der Waals surface area contributed by atoms with E-state index in [1.54, 1.807) is 0 Å². The van der Waals surface area contributed by atoms with Crippen LogP contribution in [0.1, 0.15) is 9.67 Å². The first-order valence-corrected chi connectivity index (χ1v) is 5.46. The summed E-state index contributed by atoms with van der Waals surface area (Å²) < 4.78 is 18.0. The van der Waals surface area contributed by atoms with E-state index in [0.717, 1.165) is 11.3 Å². The van der Waals surface area contributed by atoms with Crippen molar-refractivity contribution < 1.29 is 19.0 Å². The van der Waals surface area contributed by atoms with Crippen molar-refractivity contribution in [2.24, 2.45) is 0 Å². The Morgan fingerprint density at radius 3 is 2.88 bits per heavy atom. The van der Waals surface area contributed by atoms with Gasteiger partial charge in [-0.1, -0.05) is 0 Å². The molecule has 0 aliphatic rings. The number of carbonyl (C=O) groups is 1. The summed E-state index contributed by atoms with van der Waals surface area (Å²) in [5.41, 5.74) is 0.626. The lowest BCUT2D eigenvalue weighted by atomic mass is 10.2. The summed E-state index contributed by atoms with van der Waals surface area (Å²) in [6.45, 7) is 0. The van der Waals surface area contributed by atoms with Crippen molar-refractivity contribution in [3.8, 4) is 16.3 Å². The minimum absolute atomic E-state index is 0.106. The second kappa shape index (κ2) is 4.50. The lowest BCUT2D eigenvalue weighted by Crippen LogP contribution is -1.89. The molecule has 4 nitrogen and oxygen atoms in total. The largest absolute Gasteiger partial charge is 0.494 e. The predicted molar refractivity (Wildman–Crippen MR) is 61.0 cm³/mol. The van der Waals surface area contributed by atoms with Gasteiger partial charge in [0, 0.05) is 5.56 Å². The van der Waals surface area contributed by atoms with E-state index in [9.17, 15) is 9.18 Å². The molecule has 2 aromatic rings. The van der Waals surface area contributed by atoms with Crippen molar-refractivity contribution in [3.63, 3.8) is 0 Å². The second-order valence-corrected chi connectivity index (χ2v) is 4.21. The van der Waals surface area contributed by atoms with Crippen LogP contribution in [-0.4, -0.2) is 23.2 Å². The van der Waals surface area contributed by atoms with Gasteiger partial charge in [-0.25, -0.2) is 14.2 Å². The normalized spacial score (nSPS) is 10.2. The molecule has 88 valence electrons. The van der Waals surface area contributed by atoms with Crippen LogP contribution >= 0.6 is 11.3 Å². The van der Waals surface area contributed by atoms with E-state index in [4.69, 9.17) is 9.84 Å². The zero-order chi connectivity index (χ0) is 12.4. The number of carboxylic acid groups (broad SMARTS) is 1. The zero-order valence-electron chi connectivity index (χ0n) is 8.81. The van der Waals surface area contributed by atoms with Gasteiger partial charge in [-0.15, -0.1) is 11.3 Å². The van der Waals surface area contributed by atoms with Crippen molar-refractivity contribution in [2.75, 3.05) is 7.11 Å². The van der Waals surface area contributed by atoms with Crippen LogP contribution in [0.3, 0.4) is 0 Å². The number of benzene rings is 1. The Morgan fingerprint density at radius 2 is 2.29 bits per heavy atom. The minimum Gasteiger partial charge on any atom is -0.494 e. The summed E-state index contributed by atoms with van der Waals surface area (Å²) in [5, 5.41) is 9.29. The molecule has 0 atom stereocenters. The molecule has 1 aromatic carbocycles. The van der Waals surface area contributed by atoms with Gasteiger partial charge in [-0.3, -0.25) is 0 Å². The highest BCUT2D eigenvalue weighted by molar-refractivity contribution is 7.16. The van der Waals surface area contributed by atoms with Gasteiger partial charge in [0.15, 0.2) is 11.6 Å². The molecule has 6 heteroatoms. The summed E-state index contributed by atoms with van der Waals surface area (Å²) in [6, 6.07) is 4.28. The van der Waals surface area contributed by atoms with E-state index < -0.39 is 11.8 Å². The molecule has 0 aliphatic heterocycles. The molecule has 0 aliphatic carbocycles. The van der Waals surface area contributed by atoms with Gasteiger partial charge in [0.25, 0.3) is 0 Å². The lowest BCUT2D eigenvalue weighted by Gasteiger charge is -2.03. The van der Waals surface area contributed by atoms with E-state index in [-0.39, 0.29) is 10.6 Å². The van der Waals surface area contributed by atoms with E-state index in [1.165, 1.54) is 31.5 Å². The standard InChI is InChI=1S/C11H8FNO3S/c1-16-8-4-6(2-3-7(8)12)10-13-5-9(17-10)11(14)15/h2-5H,1H3,(H,14,15). The Balaban J connectivity index is 2.42. The summed E-state index contributed by atoms with van der Waals surface area (Å²) in [4.78, 5) is 14.8. The molecule has 17 heavy (non-hydrogen) atoms. The Bertz CT molecular complexity index is 568. The fourth-order valence-electron chi connectivity index (χ4n) is 1.30. The average molecular weight is 253 g/mol. The summed E-state index contributed by atoms with van der Waals surface area (Å²) in [5.74, 6) is -1.39. The van der Waals surface area contributed by atoms with Gasteiger partial charge >= 0.3 is 5.97 Å². The number of methoxy groups -OCH3 is 1. The van der Waals surface area contributed by atoms with Crippen LogP contribution in [0.4, 0.5) is 4.39 Å². The molecule has 1 heterocycles. The number of hydrogen-bond acceptors (Lipinski definition) is 4. The molecule has 0 amide bonds. The molecular weight excluding hydrogens is 245 g/mol. The molecular formula is C11H8FNO3S. The third-order valence-electron chi connectivity index (χ3n) is 2.11. The second-order valence-electron chi connectivity index (χ2n) is 3.18. The fraction of sp³-hybridized carbons (Fsp3) is 0.0909. The van der Waals surface area contributed by atoms with Crippen LogP contribution in [-0.2, 0) is 0 Å². The van der Waals surface area contributed by atoms with E-state index >= 15 is 0 Å². The van der Waals surface area contributed by atoms with Gasteiger partial charge in [0.1, 0.15) is 9.88 Å². The highest BCUT2D eigenvalue weighted by atomic mass is 32.1. The van der Waals surface area contributed by atoms with E-state index in [0.29, 0.717) is 10.6 Å². The van der Waals surface area contributed by atoms with E-state index in [1.807, 2.05) is 0 Å². The van der Waals surface area contributed by atoms with Crippen LogP contribution < -0.4 is 4.74 Å². The zero-order valence-corrected chi connectivity index (χ0v) is 9.62. The van der Waals surface area contributed by atoms with Crippen LogP contribution in [0.2, 0.25) is 0 Å². The number of ether oxygens (including phenoxy) is 1. The molecule has 0 bridgehead atoms. The molecule has 0 saturated carbocycles. The fourth-order valence-corrected chi connectivity index (χ4v) is 2.05. The van der Waals surface area contributed by atoms with Gasteiger partial charge in [-0.05, 0) is 18.2 Å². The Labute approximate surface area is 100 Å². The number of hydrogen-bond donors (Lipinski definition) is 1. The van der Waals surface area contributed by atoms with Crippen LogP contribution in [0.25, 0.3) is 10.6 Å². The van der Waals surface area contributed by atoms with Crippen molar-refractivity contribution in [1.29, 1.82) is 0 Å². The first-order chi connectivity index (χ1) is 8.11. The molecule has 1 N–H and O–H groups in total. The van der Waals surface area contributed by atoms with Crippen molar-refractivity contribution in [2.45, 2.75) is 0 Å². The lowest BCUT2D eigenvalue weighted by molar-refractivity contribution is 0.0702. The van der Waals surface area contributed by atoms with E-state index in [2.05, 4.69) is 4.98 Å². The predicted octanol–water partition coefficient (Wildman–Crippen LogP) is 2.66. The quantitative estimate of drug-likeness (QED) is 0.913. The smallest absolute Gasteiger partial charge is 0.347 e. The number of rotatable bonds is 3. The number of halogens is 1. The van der Waals surface area contributed by atoms with Gasteiger partial charge < -0.3 is 9.84 Å². The SMILES string of the molecule is COc1cc(-c2ncc(C(=O)O)s2)ccc1F. The van der Waals surface area contributed by atoms with Crippen molar-refractivity contribution in [3.05, 3.63) is 35.1 Å². The van der Waals surface area contributed by atoms with Crippen molar-refractivity contribution in [1.82, 2.24) is 4.98 Å². The third-order valence-corrected chi connectivity index (χ3v) is 3.15. The summed E-state index contributed by atoms with van der Waals surface area (Å²) in [6.07, 6.45) is 1.28. The Hall–Kier alpha value is -1.95. The summed E-state index contributed by atoms with van der Waals surface area (Å²) >= 11 is 1.03. The molecule has 0 unspecified atom stereocenters. The maximum Gasteiger partial charge on any atom is 0.347 e. The molecule has 0 saturated heterocycles. The maximum absolute atomic E-state index is 13.2. The number of nitrogens with zero attached hydrogens (tertiary/aromatic N) is 1. The molecule has 0 fully saturated rings. The maximum atomic E-state index is 13.2. The monoisotopic (exact) mass is 253 g/mol. The van der Waals surface area contributed by atoms with Crippen molar-refractivity contribution >= 4 is 17.3 Å². The first kappa shape index (κ1) is 11.5. The van der Waals surface area contributed by atoms with Gasteiger partial charge in [0.2, 0.25) is 0 Å². The number of carboxylic acids is 1. The topological polar surface area (TPSA) is 59.4 Å². The highest BCUT2D eigenvalue weighted by Crippen LogP contribution is 2.29. The molecule has 0 spiro atoms. The highest BCUT2D eigenvalue weighted by Gasteiger charge is 2.12. The summed E-state index contributed by atoms with van der Waals surface area (Å²) in [7, 11) is 1.37. The Morgan fingerprint density at radius 1 is 1.53 bits per heavy atom. The number of aromatic carboxylic acids is 1. The molecule has 1 aromatic heterocycles. The first-order valence-electron chi connectivity index (χ1n) is 4.65. The van der Waals surface area contributed by atoms with Gasteiger partial charge in [0.05, 0.1) is 13.3 Å². The van der Waals surface area contributed by atoms with Crippen LogP contribution in [0, 0.1) is 5.82 Å². The van der Waals surface area contributed by atoms with Crippen LogP contribution in [0.5, 0.6) is 5.75 Å². The molecule has 0 radical (unpaired) electrons. The minimum atomic E-state index is -1.03.